The Hall–Kier alpha value is -3.41. The summed E-state index contributed by atoms with van der Waals surface area (Å²) in [6.45, 7) is 3.93. The van der Waals surface area contributed by atoms with Crippen LogP contribution < -0.4 is 10.1 Å². The third-order valence-corrected chi connectivity index (χ3v) is 8.06. The van der Waals surface area contributed by atoms with Gasteiger partial charge in [0.05, 0.1) is 28.3 Å². The van der Waals surface area contributed by atoms with Crippen LogP contribution in [0.25, 0.3) is 0 Å². The molecule has 0 saturated carbocycles. The smallest absolute Gasteiger partial charge is 0.416 e. The second kappa shape index (κ2) is 14.4. The normalized spacial score (nSPS) is 15.9. The van der Waals surface area contributed by atoms with E-state index >= 15 is 0 Å². The van der Waals surface area contributed by atoms with Crippen molar-refractivity contribution in [2.45, 2.75) is 44.5 Å². The molecule has 43 heavy (non-hydrogen) atoms. The molecule has 4 rings (SSSR count). The third-order valence-electron chi connectivity index (χ3n) is 7.49. The van der Waals surface area contributed by atoms with Crippen LogP contribution in [0, 0.1) is 5.92 Å². The fourth-order valence-electron chi connectivity index (χ4n) is 5.08. The minimum atomic E-state index is -4.46. The van der Waals surface area contributed by atoms with E-state index in [4.69, 9.17) is 32.7 Å². The molecule has 0 bridgehead atoms. The molecule has 1 aliphatic heterocycles. The van der Waals surface area contributed by atoms with Gasteiger partial charge in [0.1, 0.15) is 6.10 Å². The van der Waals surface area contributed by atoms with Gasteiger partial charge in [0.15, 0.2) is 5.69 Å². The quantitative estimate of drug-likeness (QED) is 0.249. The summed E-state index contributed by atoms with van der Waals surface area (Å²) in [4.78, 5) is 35.0. The van der Waals surface area contributed by atoms with Gasteiger partial charge in [-0.2, -0.15) is 13.2 Å². The number of nitrogens with one attached hydrogen (secondary N) is 1. The Bertz CT molecular complexity index is 1400. The fourth-order valence-corrected chi connectivity index (χ4v) is 5.62. The third kappa shape index (κ3) is 8.36. The summed E-state index contributed by atoms with van der Waals surface area (Å²) in [5.74, 6) is -0.847. The van der Waals surface area contributed by atoms with Crippen LogP contribution in [0.15, 0.2) is 54.9 Å². The predicted molar refractivity (Wildman–Crippen MR) is 155 cm³/mol. The predicted octanol–water partition coefficient (Wildman–Crippen LogP) is 6.63. The molecule has 1 aromatic carbocycles. The molecule has 3 aromatic rings. The number of likely N-dealkylation sites (tertiary alicyclic amines) is 1. The van der Waals surface area contributed by atoms with Crippen molar-refractivity contribution in [3.63, 3.8) is 0 Å². The molecule has 8 nitrogen and oxygen atoms in total. The average molecular weight is 640 g/mol. The second-order valence-electron chi connectivity index (χ2n) is 10.3. The number of rotatable bonds is 10. The maximum atomic E-state index is 13.2. The summed E-state index contributed by atoms with van der Waals surface area (Å²) in [6.07, 6.45) is -0.217. The molecule has 1 saturated heterocycles. The van der Waals surface area contributed by atoms with E-state index in [9.17, 15) is 22.8 Å². The van der Waals surface area contributed by atoms with E-state index in [1.807, 2.05) is 0 Å². The Morgan fingerprint density at radius 3 is 2.33 bits per heavy atom. The van der Waals surface area contributed by atoms with Crippen molar-refractivity contribution >= 4 is 35.1 Å². The van der Waals surface area contributed by atoms with Crippen molar-refractivity contribution in [2.24, 2.45) is 5.92 Å². The van der Waals surface area contributed by atoms with Crippen LogP contribution in [0.1, 0.15) is 64.3 Å². The zero-order chi connectivity index (χ0) is 31.1. The number of carbonyl (C=O) groups is 2. The standard InChI is InChI=1S/C30H31Cl2F3N4O4/c1-18(10-13-37-28(40)26-22(31)16-36-17-23(26)32)39-14-11-20(12-15-39)27(19-6-8-21(9-7-19)30(33,34)35)43-25-5-3-4-24(38-25)29(41)42-2/h3-9,16-18,20,27H,10-15H2,1-2H3,(H,37,40). The van der Waals surface area contributed by atoms with E-state index in [0.717, 1.165) is 25.2 Å². The molecule has 230 valence electrons. The van der Waals surface area contributed by atoms with Crippen molar-refractivity contribution in [1.29, 1.82) is 0 Å². The summed E-state index contributed by atoms with van der Waals surface area (Å²) in [6, 6.07) is 9.79. The van der Waals surface area contributed by atoms with E-state index in [1.54, 1.807) is 12.1 Å². The second-order valence-corrected chi connectivity index (χ2v) is 11.1. The zero-order valence-electron chi connectivity index (χ0n) is 23.5. The molecule has 1 N–H and O–H groups in total. The number of alkyl halides is 3. The van der Waals surface area contributed by atoms with Crippen molar-refractivity contribution < 1.29 is 32.2 Å². The minimum absolute atomic E-state index is 0.0283. The van der Waals surface area contributed by atoms with Crippen molar-refractivity contribution in [3.05, 3.63) is 87.3 Å². The zero-order valence-corrected chi connectivity index (χ0v) is 25.0. The Morgan fingerprint density at radius 1 is 1.07 bits per heavy atom. The van der Waals surface area contributed by atoms with Crippen LogP contribution in [0.4, 0.5) is 13.2 Å². The van der Waals surface area contributed by atoms with Crippen LogP contribution in [0.2, 0.25) is 10.0 Å². The highest BCUT2D eigenvalue weighted by atomic mass is 35.5. The summed E-state index contributed by atoms with van der Waals surface area (Å²) in [7, 11) is 1.25. The number of nitrogens with zero attached hydrogens (tertiary/aromatic N) is 3. The number of methoxy groups -OCH3 is 1. The summed E-state index contributed by atoms with van der Waals surface area (Å²) >= 11 is 12.2. The summed E-state index contributed by atoms with van der Waals surface area (Å²) in [5, 5.41) is 3.21. The van der Waals surface area contributed by atoms with Gasteiger partial charge in [0.2, 0.25) is 5.88 Å². The summed E-state index contributed by atoms with van der Waals surface area (Å²) < 4.78 is 50.7. The number of benzene rings is 1. The van der Waals surface area contributed by atoms with Gasteiger partial charge in [-0.3, -0.25) is 9.78 Å². The maximum Gasteiger partial charge on any atom is 0.416 e. The number of piperidine rings is 1. The van der Waals surface area contributed by atoms with Gasteiger partial charge in [-0.1, -0.05) is 41.4 Å². The lowest BCUT2D eigenvalue weighted by Crippen LogP contribution is -2.43. The van der Waals surface area contributed by atoms with Crippen LogP contribution in [-0.2, 0) is 10.9 Å². The topological polar surface area (TPSA) is 93.7 Å². The highest BCUT2D eigenvalue weighted by Gasteiger charge is 2.34. The Kier molecular flexibility index (Phi) is 10.9. The number of pyridine rings is 2. The van der Waals surface area contributed by atoms with Gasteiger partial charge >= 0.3 is 12.1 Å². The van der Waals surface area contributed by atoms with Gasteiger partial charge in [-0.25, -0.2) is 9.78 Å². The van der Waals surface area contributed by atoms with E-state index in [2.05, 4.69) is 27.1 Å². The molecular weight excluding hydrogens is 608 g/mol. The van der Waals surface area contributed by atoms with Crippen molar-refractivity contribution in [2.75, 3.05) is 26.7 Å². The van der Waals surface area contributed by atoms with Crippen LogP contribution >= 0.6 is 23.2 Å². The Labute approximate surface area is 257 Å². The van der Waals surface area contributed by atoms with Crippen LogP contribution in [0.3, 0.4) is 0 Å². The number of esters is 1. The fraction of sp³-hybridized carbons (Fsp3) is 0.400. The van der Waals surface area contributed by atoms with Crippen molar-refractivity contribution in [1.82, 2.24) is 20.2 Å². The molecule has 1 fully saturated rings. The SMILES string of the molecule is COC(=O)c1cccc(OC(c2ccc(C(F)(F)F)cc2)C2CCN(C(C)CCNC(=O)c3c(Cl)cncc3Cl)CC2)n1. The molecule has 1 aliphatic rings. The molecule has 0 spiro atoms. The van der Waals surface area contributed by atoms with Gasteiger partial charge in [0, 0.05) is 37.0 Å². The first-order valence-electron chi connectivity index (χ1n) is 13.7. The highest BCUT2D eigenvalue weighted by molar-refractivity contribution is 6.39. The number of halogens is 5. The van der Waals surface area contributed by atoms with E-state index < -0.39 is 23.8 Å². The number of ether oxygens (including phenoxy) is 2. The number of carbonyl (C=O) groups excluding carboxylic acids is 2. The number of hydrogen-bond acceptors (Lipinski definition) is 7. The van der Waals surface area contributed by atoms with Gasteiger partial charge in [0.25, 0.3) is 5.91 Å². The number of hydrogen-bond donors (Lipinski definition) is 1. The monoisotopic (exact) mass is 638 g/mol. The Balaban J connectivity index is 1.41. The van der Waals surface area contributed by atoms with Gasteiger partial charge < -0.3 is 19.7 Å². The molecule has 3 heterocycles. The van der Waals surface area contributed by atoms with E-state index in [1.165, 1.54) is 37.7 Å². The molecule has 2 atom stereocenters. The first-order chi connectivity index (χ1) is 20.5. The summed E-state index contributed by atoms with van der Waals surface area (Å²) in [5.41, 5.74) is 0.0917. The molecule has 2 aromatic heterocycles. The highest BCUT2D eigenvalue weighted by Crippen LogP contribution is 2.37. The largest absolute Gasteiger partial charge is 0.469 e. The lowest BCUT2D eigenvalue weighted by molar-refractivity contribution is -0.137. The maximum absolute atomic E-state index is 13.2. The first kappa shape index (κ1) is 32.5. The lowest BCUT2D eigenvalue weighted by atomic mass is 9.86. The van der Waals surface area contributed by atoms with Gasteiger partial charge in [-0.15, -0.1) is 0 Å². The Morgan fingerprint density at radius 2 is 1.72 bits per heavy atom. The van der Waals surface area contributed by atoms with Crippen molar-refractivity contribution in [3.8, 4) is 5.88 Å². The molecular formula is C30H31Cl2F3N4O4. The van der Waals surface area contributed by atoms with Crippen LogP contribution in [0.5, 0.6) is 5.88 Å². The molecule has 2 unspecified atom stereocenters. The van der Waals surface area contributed by atoms with E-state index in [0.29, 0.717) is 31.4 Å². The molecule has 0 aliphatic carbocycles. The number of aromatic nitrogens is 2. The van der Waals surface area contributed by atoms with Gasteiger partial charge in [-0.05, 0) is 63.0 Å². The minimum Gasteiger partial charge on any atom is -0.469 e. The molecule has 0 radical (unpaired) electrons. The number of amides is 1. The lowest BCUT2D eigenvalue weighted by Gasteiger charge is -2.39. The molecule has 13 heteroatoms. The first-order valence-corrected chi connectivity index (χ1v) is 14.4. The molecule has 1 amide bonds. The average Bonchev–Trinajstić information content (AvgIpc) is 2.99. The van der Waals surface area contributed by atoms with Crippen LogP contribution in [-0.4, -0.2) is 59.5 Å². The van der Waals surface area contributed by atoms with E-state index in [-0.39, 0.29) is 45.0 Å².